The molecule has 0 saturated heterocycles. The van der Waals surface area contributed by atoms with Crippen LogP contribution in [0.4, 0.5) is 0 Å². The number of imidazole rings is 1. The molecule has 0 aliphatic heterocycles. The molecule has 0 bridgehead atoms. The van der Waals surface area contributed by atoms with Gasteiger partial charge in [-0.05, 0) is 25.3 Å². The summed E-state index contributed by atoms with van der Waals surface area (Å²) in [6.07, 6.45) is 3.24. The summed E-state index contributed by atoms with van der Waals surface area (Å²) in [6.45, 7) is 8.17. The minimum Gasteiger partial charge on any atom is -0.390 e. The van der Waals surface area contributed by atoms with E-state index in [1.165, 1.54) is 5.56 Å². The van der Waals surface area contributed by atoms with E-state index >= 15 is 0 Å². The van der Waals surface area contributed by atoms with E-state index < -0.39 is 0 Å². The summed E-state index contributed by atoms with van der Waals surface area (Å²) in [6, 6.07) is 0. The first-order valence-corrected chi connectivity index (χ1v) is 6.02. The smallest absolute Gasteiger partial charge is 0.235 e. The van der Waals surface area contributed by atoms with E-state index in [9.17, 15) is 5.11 Å². The standard InChI is InChI=1S/C13H18N4O/c1-8(2)12-9(3)15-13(16-10(12)4)17-7-14-5-11(17)6-18/h5,7-8,18H,6H2,1-4H3. The molecule has 18 heavy (non-hydrogen) atoms. The second kappa shape index (κ2) is 4.86. The van der Waals surface area contributed by atoms with Gasteiger partial charge in [-0.3, -0.25) is 4.57 Å². The van der Waals surface area contributed by atoms with Crippen LogP contribution in [-0.2, 0) is 6.61 Å². The predicted molar refractivity (Wildman–Crippen MR) is 68.6 cm³/mol. The summed E-state index contributed by atoms with van der Waals surface area (Å²) in [5, 5.41) is 9.23. The normalized spacial score (nSPS) is 11.2. The molecule has 96 valence electrons. The predicted octanol–water partition coefficient (Wildman–Crippen LogP) is 1.89. The minimum absolute atomic E-state index is 0.0760. The van der Waals surface area contributed by atoms with Crippen LogP contribution in [0.2, 0.25) is 0 Å². The van der Waals surface area contributed by atoms with Crippen LogP contribution in [0, 0.1) is 13.8 Å². The van der Waals surface area contributed by atoms with Gasteiger partial charge in [0.15, 0.2) is 0 Å². The molecule has 1 N–H and O–H groups in total. The van der Waals surface area contributed by atoms with E-state index in [-0.39, 0.29) is 6.61 Å². The molecule has 0 radical (unpaired) electrons. The van der Waals surface area contributed by atoms with E-state index in [1.54, 1.807) is 17.1 Å². The molecule has 0 unspecified atom stereocenters. The third-order valence-electron chi connectivity index (χ3n) is 2.98. The van der Waals surface area contributed by atoms with Gasteiger partial charge in [0, 0.05) is 11.4 Å². The zero-order valence-electron chi connectivity index (χ0n) is 11.2. The van der Waals surface area contributed by atoms with Crippen molar-refractivity contribution in [2.24, 2.45) is 0 Å². The van der Waals surface area contributed by atoms with Crippen LogP contribution in [0.5, 0.6) is 0 Å². The number of hydrogen-bond acceptors (Lipinski definition) is 4. The fourth-order valence-electron chi connectivity index (χ4n) is 2.27. The Balaban J connectivity index is 2.55. The highest BCUT2D eigenvalue weighted by Crippen LogP contribution is 2.21. The number of rotatable bonds is 3. The molecule has 0 fully saturated rings. The maximum atomic E-state index is 9.23. The SMILES string of the molecule is Cc1nc(-n2cncc2CO)nc(C)c1C(C)C. The molecule has 0 spiro atoms. The van der Waals surface area contributed by atoms with Crippen molar-refractivity contribution < 1.29 is 5.11 Å². The van der Waals surface area contributed by atoms with E-state index in [0.717, 1.165) is 11.4 Å². The molecular weight excluding hydrogens is 228 g/mol. The molecule has 0 atom stereocenters. The van der Waals surface area contributed by atoms with E-state index in [4.69, 9.17) is 0 Å². The Morgan fingerprint density at radius 2 is 1.83 bits per heavy atom. The molecular formula is C13H18N4O. The molecule has 0 aromatic carbocycles. The fraction of sp³-hybridized carbons (Fsp3) is 0.462. The van der Waals surface area contributed by atoms with Gasteiger partial charge in [0.2, 0.25) is 5.95 Å². The second-order valence-corrected chi connectivity index (χ2v) is 4.68. The molecule has 5 nitrogen and oxygen atoms in total. The van der Waals surface area contributed by atoms with Crippen LogP contribution < -0.4 is 0 Å². The van der Waals surface area contributed by atoms with Crippen LogP contribution in [-0.4, -0.2) is 24.6 Å². The van der Waals surface area contributed by atoms with Gasteiger partial charge < -0.3 is 5.11 Å². The van der Waals surface area contributed by atoms with Gasteiger partial charge in [-0.1, -0.05) is 13.8 Å². The van der Waals surface area contributed by atoms with Crippen molar-refractivity contribution in [1.82, 2.24) is 19.5 Å². The maximum Gasteiger partial charge on any atom is 0.235 e. The Morgan fingerprint density at radius 3 is 2.33 bits per heavy atom. The van der Waals surface area contributed by atoms with Crippen LogP contribution >= 0.6 is 0 Å². The summed E-state index contributed by atoms with van der Waals surface area (Å²) in [7, 11) is 0. The third-order valence-corrected chi connectivity index (χ3v) is 2.98. The first-order chi connectivity index (χ1) is 8.54. The van der Waals surface area contributed by atoms with Crippen LogP contribution in [0.1, 0.15) is 42.4 Å². The zero-order chi connectivity index (χ0) is 13.3. The minimum atomic E-state index is -0.0760. The Kier molecular flexibility index (Phi) is 3.43. The van der Waals surface area contributed by atoms with E-state index in [0.29, 0.717) is 17.6 Å². The number of aromatic nitrogens is 4. The van der Waals surface area contributed by atoms with Crippen molar-refractivity contribution in [3.05, 3.63) is 35.2 Å². The van der Waals surface area contributed by atoms with E-state index in [2.05, 4.69) is 28.8 Å². The van der Waals surface area contributed by atoms with Crippen molar-refractivity contribution in [2.75, 3.05) is 0 Å². The molecule has 2 heterocycles. The third kappa shape index (κ3) is 2.13. The molecule has 0 aliphatic carbocycles. The number of nitrogens with zero attached hydrogens (tertiary/aromatic N) is 4. The summed E-state index contributed by atoms with van der Waals surface area (Å²) in [5.74, 6) is 0.968. The van der Waals surface area contributed by atoms with Gasteiger partial charge in [-0.2, -0.15) is 0 Å². The highest BCUT2D eigenvalue weighted by atomic mass is 16.3. The van der Waals surface area contributed by atoms with Gasteiger partial charge in [-0.15, -0.1) is 0 Å². The lowest BCUT2D eigenvalue weighted by atomic mass is 10.0. The first kappa shape index (κ1) is 12.7. The van der Waals surface area contributed by atoms with Crippen LogP contribution in [0.3, 0.4) is 0 Å². The summed E-state index contributed by atoms with van der Waals surface area (Å²) >= 11 is 0. The quantitative estimate of drug-likeness (QED) is 0.898. The highest BCUT2D eigenvalue weighted by molar-refractivity contribution is 5.31. The van der Waals surface area contributed by atoms with E-state index in [1.807, 2.05) is 13.8 Å². The Labute approximate surface area is 107 Å². The number of aliphatic hydroxyl groups is 1. The number of aryl methyl sites for hydroxylation is 2. The van der Waals surface area contributed by atoms with Crippen LogP contribution in [0.15, 0.2) is 12.5 Å². The molecule has 0 aliphatic rings. The molecule has 0 saturated carbocycles. The topological polar surface area (TPSA) is 63.8 Å². The average molecular weight is 246 g/mol. The Bertz CT molecular complexity index is 537. The Morgan fingerprint density at radius 1 is 1.22 bits per heavy atom. The zero-order valence-corrected chi connectivity index (χ0v) is 11.2. The lowest BCUT2D eigenvalue weighted by Gasteiger charge is -2.14. The summed E-state index contributed by atoms with van der Waals surface area (Å²) < 4.78 is 1.71. The van der Waals surface area contributed by atoms with Gasteiger partial charge in [0.25, 0.3) is 0 Å². The monoisotopic (exact) mass is 246 g/mol. The number of hydrogen-bond donors (Lipinski definition) is 1. The van der Waals surface area contributed by atoms with Crippen molar-refractivity contribution >= 4 is 0 Å². The van der Waals surface area contributed by atoms with Crippen molar-refractivity contribution in [3.8, 4) is 5.95 Å². The summed E-state index contributed by atoms with van der Waals surface area (Å²) in [5.41, 5.74) is 3.82. The molecule has 5 heteroatoms. The van der Waals surface area contributed by atoms with Gasteiger partial charge in [0.1, 0.15) is 6.33 Å². The van der Waals surface area contributed by atoms with Crippen LogP contribution in [0.25, 0.3) is 5.95 Å². The van der Waals surface area contributed by atoms with Crippen molar-refractivity contribution in [2.45, 2.75) is 40.2 Å². The average Bonchev–Trinajstić information content (AvgIpc) is 2.75. The van der Waals surface area contributed by atoms with Crippen molar-refractivity contribution in [1.29, 1.82) is 0 Å². The van der Waals surface area contributed by atoms with Crippen molar-refractivity contribution in [3.63, 3.8) is 0 Å². The second-order valence-electron chi connectivity index (χ2n) is 4.68. The van der Waals surface area contributed by atoms with Gasteiger partial charge >= 0.3 is 0 Å². The van der Waals surface area contributed by atoms with Gasteiger partial charge in [0.05, 0.1) is 18.5 Å². The summed E-state index contributed by atoms with van der Waals surface area (Å²) in [4.78, 5) is 13.0. The molecule has 2 aromatic rings. The Hall–Kier alpha value is -1.75. The highest BCUT2D eigenvalue weighted by Gasteiger charge is 2.13. The molecule has 2 rings (SSSR count). The fourth-order valence-corrected chi connectivity index (χ4v) is 2.27. The maximum absolute atomic E-state index is 9.23. The lowest BCUT2D eigenvalue weighted by Crippen LogP contribution is -2.10. The lowest BCUT2D eigenvalue weighted by molar-refractivity contribution is 0.274. The molecule has 2 aromatic heterocycles. The molecule has 0 amide bonds. The largest absolute Gasteiger partial charge is 0.390 e. The first-order valence-electron chi connectivity index (χ1n) is 6.02. The number of aliphatic hydroxyl groups excluding tert-OH is 1. The van der Waals surface area contributed by atoms with Gasteiger partial charge in [-0.25, -0.2) is 15.0 Å².